The number of anilines is 1. The second kappa shape index (κ2) is 20.8. The summed E-state index contributed by atoms with van der Waals surface area (Å²) in [6.45, 7) is 8.07. The molecule has 0 saturated heterocycles. The highest BCUT2D eigenvalue weighted by Gasteiger charge is 2.24. The van der Waals surface area contributed by atoms with Crippen molar-refractivity contribution in [3.05, 3.63) is 148 Å². The van der Waals surface area contributed by atoms with Gasteiger partial charge in [-0.05, 0) is 78.8 Å². The summed E-state index contributed by atoms with van der Waals surface area (Å²) in [5.41, 5.74) is 8.71. The Hall–Kier alpha value is -4.89. The maximum Gasteiger partial charge on any atom is 0.364 e. The van der Waals surface area contributed by atoms with E-state index in [1.165, 1.54) is 16.2 Å². The Labute approximate surface area is 335 Å². The lowest BCUT2D eigenvalue weighted by Crippen LogP contribution is -3.00. The average Bonchev–Trinajstić information content (AvgIpc) is 3.90. The van der Waals surface area contributed by atoms with Crippen LogP contribution in [0.15, 0.2) is 137 Å². The molecule has 0 aliphatic rings. The van der Waals surface area contributed by atoms with E-state index >= 15 is 0 Å². The zero-order valence-corrected chi connectivity index (χ0v) is 32.5. The van der Waals surface area contributed by atoms with Crippen molar-refractivity contribution in [3.8, 4) is 22.2 Å². The minimum Gasteiger partial charge on any atom is -1.00 e. The van der Waals surface area contributed by atoms with Crippen molar-refractivity contribution in [2.45, 2.75) is 42.5 Å². The van der Waals surface area contributed by atoms with Crippen molar-refractivity contribution in [2.24, 2.45) is 15.3 Å². The number of aromatic nitrogens is 6. The largest absolute Gasteiger partial charge is 1.00 e. The predicted octanol–water partition coefficient (Wildman–Crippen LogP) is 6.99. The van der Waals surface area contributed by atoms with Crippen molar-refractivity contribution in [3.63, 3.8) is 0 Å². The molecule has 3 heterocycles. The Kier molecular flexibility index (Phi) is 15.4. The predicted molar refractivity (Wildman–Crippen MR) is 216 cm³/mol. The summed E-state index contributed by atoms with van der Waals surface area (Å²) in [5, 5.41) is 23.8. The fourth-order valence-corrected chi connectivity index (χ4v) is 5.91. The molecular formula is C38H43BrN10S3. The number of thiazole rings is 2. The average molecular weight is 821 g/mol. The minimum absolute atomic E-state index is 0. The number of hydrogen-bond donors (Lipinski definition) is 1. The van der Waals surface area contributed by atoms with Gasteiger partial charge < -0.3 is 17.0 Å². The monoisotopic (exact) mass is 819 g/mol. The van der Waals surface area contributed by atoms with Gasteiger partial charge in [0.1, 0.15) is 11.4 Å². The first-order valence-electron chi connectivity index (χ1n) is 17.1. The standard InChI is InChI=1S/C18H16N5S.C18H17N5S.2CH4.BrH.H2S/c1-13-14(2)24-18(19-13)23-21-17(15-9-5-3-6-10-15)20-22(23)16-11-7-4-8-12-16;1-13-14(2)24-18(19-13)23-22-17(15-9-5-3-6-10-15)21-20-16-11-7-4-8-12-16;;;;/h3-12H,1-2H3;3-12,20H,1-2H3;2*1H4;1H;1H2/q+1;;;;;/p-1/b;21-17-,23-22?;;;;/i;;1T2;;;/hD. The number of hydrogen-bond acceptors (Lipinski definition) is 9. The van der Waals surface area contributed by atoms with Gasteiger partial charge in [-0.25, -0.2) is 4.98 Å². The molecule has 0 saturated carbocycles. The number of rotatable bonds is 7. The van der Waals surface area contributed by atoms with Gasteiger partial charge >= 0.3 is 5.13 Å². The number of aryl methyl sites for hydroxylation is 4. The van der Waals surface area contributed by atoms with Crippen molar-refractivity contribution in [2.75, 3.05) is 5.43 Å². The molecule has 0 amide bonds. The van der Waals surface area contributed by atoms with Gasteiger partial charge in [-0.15, -0.1) is 10.2 Å². The van der Waals surface area contributed by atoms with Crippen molar-refractivity contribution in [1.29, 1.82) is 1.12 Å². The Bertz CT molecular complexity index is 2140. The highest BCUT2D eigenvalue weighted by atomic mass is 79.9. The first-order chi connectivity index (χ1) is 25.9. The summed E-state index contributed by atoms with van der Waals surface area (Å²) in [4.78, 5) is 14.9. The Balaban J connectivity index is 0.000000330. The SMILES string of the molecule is C.Cc1nc(-[n+]2nc(-c3ccccc3)nn2-c2ccccc2)sc1C.Cc1nc(N=N/C(=N\Nc2ccccc2)c2ccccc2)sc1C.[2H]S.[3H]C[3H].[Br-]. The topological polar surface area (TPSA) is 109 Å². The smallest absolute Gasteiger partial charge is 0.364 e. The molecule has 270 valence electrons. The number of benzene rings is 4. The fourth-order valence-electron chi connectivity index (χ4n) is 4.33. The lowest BCUT2D eigenvalue weighted by atomic mass is 10.2. The van der Waals surface area contributed by atoms with Crippen LogP contribution in [0.5, 0.6) is 0 Å². The summed E-state index contributed by atoms with van der Waals surface area (Å²) < 4.78 is 17.2. The zero-order chi connectivity index (χ0) is 38.0. The van der Waals surface area contributed by atoms with E-state index in [0.29, 0.717) is 16.8 Å². The summed E-state index contributed by atoms with van der Waals surface area (Å²) >= 11 is 5.91. The highest BCUT2D eigenvalue weighted by molar-refractivity contribution is 7.59. The molecule has 0 aliphatic carbocycles. The Morgan fingerprint density at radius 2 is 1.33 bits per heavy atom. The Morgan fingerprint density at radius 3 is 1.88 bits per heavy atom. The molecule has 14 heteroatoms. The van der Waals surface area contributed by atoms with Crippen LogP contribution < -0.4 is 27.2 Å². The number of nitrogens with one attached hydrogen (secondary N) is 1. The number of halogens is 1. The van der Waals surface area contributed by atoms with Crippen LogP contribution in [-0.4, -0.2) is 31.9 Å². The van der Waals surface area contributed by atoms with Crippen LogP contribution in [0.4, 0.5) is 10.8 Å². The van der Waals surface area contributed by atoms with Gasteiger partial charge in [0, 0.05) is 28.7 Å². The van der Waals surface area contributed by atoms with Gasteiger partial charge in [0.15, 0.2) is 0 Å². The molecule has 52 heavy (non-hydrogen) atoms. The van der Waals surface area contributed by atoms with Gasteiger partial charge in [-0.3, -0.25) is 5.43 Å². The van der Waals surface area contributed by atoms with E-state index in [4.69, 9.17) is 14.1 Å². The molecule has 0 fully saturated rings. The van der Waals surface area contributed by atoms with Crippen LogP contribution in [-0.2, 0) is 0 Å². The number of nitrogens with zero attached hydrogens (tertiary/aromatic N) is 9. The molecule has 0 bridgehead atoms. The van der Waals surface area contributed by atoms with Gasteiger partial charge in [-0.2, -0.15) is 18.5 Å². The fraction of sp³-hybridized carbons (Fsp3) is 0.158. The number of para-hydroxylation sites is 2. The van der Waals surface area contributed by atoms with Gasteiger partial charge in [0.2, 0.25) is 11.0 Å². The molecule has 0 unspecified atom stereocenters. The second-order valence-electron chi connectivity index (χ2n) is 10.6. The van der Waals surface area contributed by atoms with Crippen LogP contribution >= 0.6 is 36.1 Å². The molecule has 3 aromatic heterocycles. The number of amidine groups is 1. The van der Waals surface area contributed by atoms with E-state index in [1.807, 2.05) is 142 Å². The van der Waals surface area contributed by atoms with E-state index < -0.39 is 0 Å². The molecule has 1 N–H and O–H groups in total. The summed E-state index contributed by atoms with van der Waals surface area (Å²) in [6.07, 6.45) is 0. The third-order valence-electron chi connectivity index (χ3n) is 7.11. The first-order valence-corrected chi connectivity index (χ1v) is 16.8. The minimum atomic E-state index is -0.250. The molecule has 7 aromatic rings. The van der Waals surface area contributed by atoms with Gasteiger partial charge in [0.05, 0.1) is 12.5 Å². The molecule has 0 radical (unpaired) electrons. The van der Waals surface area contributed by atoms with Gasteiger partial charge in [0.25, 0.3) is 5.82 Å². The van der Waals surface area contributed by atoms with Crippen molar-refractivity contribution < 1.29 is 24.5 Å². The summed E-state index contributed by atoms with van der Waals surface area (Å²) in [7, 11) is -0.250. The van der Waals surface area contributed by atoms with E-state index in [9.17, 15) is 0 Å². The maximum absolute atomic E-state index is 5.88. The molecule has 10 nitrogen and oxygen atoms in total. The van der Waals surface area contributed by atoms with E-state index in [1.54, 1.807) is 20.9 Å². The second-order valence-corrected chi connectivity index (χ2v) is 12.9. The van der Waals surface area contributed by atoms with Crippen molar-refractivity contribution in [1.82, 2.24) is 25.0 Å². The van der Waals surface area contributed by atoms with E-state index in [-0.39, 0.29) is 31.8 Å². The number of hydrazone groups is 1. The third-order valence-corrected chi connectivity index (χ3v) is 9.11. The van der Waals surface area contributed by atoms with Crippen LogP contribution in [0.1, 0.15) is 44.3 Å². The maximum atomic E-state index is 5.88. The molecule has 0 aliphatic heterocycles. The zero-order valence-electron chi connectivity index (χ0n) is 31.4. The molecule has 0 spiro atoms. The first kappa shape index (κ1) is 38.3. The lowest BCUT2D eigenvalue weighted by molar-refractivity contribution is -0.734. The van der Waals surface area contributed by atoms with Gasteiger partial charge in [-0.1, -0.05) is 127 Å². The normalized spacial score (nSPS) is 11.0. The Morgan fingerprint density at radius 1 is 0.788 bits per heavy atom. The van der Waals surface area contributed by atoms with Crippen LogP contribution in [0.3, 0.4) is 0 Å². The van der Waals surface area contributed by atoms with E-state index in [0.717, 1.165) is 43.9 Å². The molecule has 0 atom stereocenters. The third kappa shape index (κ3) is 11.1. The van der Waals surface area contributed by atoms with Crippen molar-refractivity contribution >= 4 is 52.7 Å². The van der Waals surface area contributed by atoms with Crippen LogP contribution in [0.2, 0.25) is 0 Å². The summed E-state index contributed by atoms with van der Waals surface area (Å²) in [6, 6.07) is 39.4. The van der Waals surface area contributed by atoms with Crippen LogP contribution in [0.25, 0.3) is 22.2 Å². The lowest BCUT2D eigenvalue weighted by Gasteiger charge is -2.02. The molecule has 7 rings (SSSR count). The quantitative estimate of drug-likeness (QED) is 0.0614. The van der Waals surface area contributed by atoms with E-state index in [2.05, 4.69) is 51.0 Å². The summed E-state index contributed by atoms with van der Waals surface area (Å²) in [5.74, 6) is 1.18. The highest BCUT2D eigenvalue weighted by Crippen LogP contribution is 2.24. The molecular weight excluding hydrogens is 773 g/mol. The number of tetrazole rings is 1. The number of azo groups is 1. The van der Waals surface area contributed by atoms with Crippen LogP contribution in [0, 0.1) is 27.7 Å². The molecule has 4 aromatic carbocycles.